The molecule has 0 aromatic heterocycles. The van der Waals surface area contributed by atoms with E-state index >= 15 is 0 Å². The van der Waals surface area contributed by atoms with Gasteiger partial charge in [0.15, 0.2) is 0 Å². The molecule has 0 heterocycles. The summed E-state index contributed by atoms with van der Waals surface area (Å²) in [5, 5.41) is 12.2. The zero-order valence-electron chi connectivity index (χ0n) is 21.4. The third-order valence-corrected chi connectivity index (χ3v) is 6.99. The summed E-state index contributed by atoms with van der Waals surface area (Å²) in [4.78, 5) is 38.1. The Labute approximate surface area is 228 Å². The van der Waals surface area contributed by atoms with E-state index in [2.05, 4.69) is 21.3 Å². The average molecular weight is 533 g/mol. The highest BCUT2D eigenvalue weighted by atomic mass is 35.5. The van der Waals surface area contributed by atoms with Crippen LogP contribution in [0.5, 0.6) is 0 Å². The minimum absolute atomic E-state index is 0.0162. The molecule has 1 atom stereocenters. The first-order valence-electron chi connectivity index (χ1n) is 13.0. The zero-order chi connectivity index (χ0) is 26.9. The summed E-state index contributed by atoms with van der Waals surface area (Å²) >= 11 is 6.27. The SMILES string of the molecule is CC(NC(=O)c1cccc(NCC(=O)Nc2ccc(Cl)c(C(=O)NC3CCCCC3)c2)c1)c1ccccc1. The average Bonchev–Trinajstić information content (AvgIpc) is 2.94. The van der Waals surface area contributed by atoms with Gasteiger partial charge in [0.05, 0.1) is 23.2 Å². The second kappa shape index (κ2) is 13.1. The summed E-state index contributed by atoms with van der Waals surface area (Å²) in [5.41, 5.74) is 2.97. The number of hydrogen-bond donors (Lipinski definition) is 4. The molecule has 1 aliphatic carbocycles. The molecule has 1 saturated carbocycles. The first-order valence-corrected chi connectivity index (χ1v) is 13.4. The molecule has 198 valence electrons. The second-order valence-electron chi connectivity index (χ2n) is 9.59. The summed E-state index contributed by atoms with van der Waals surface area (Å²) < 4.78 is 0. The zero-order valence-corrected chi connectivity index (χ0v) is 22.2. The quantitative estimate of drug-likeness (QED) is 0.274. The maximum atomic E-state index is 12.8. The van der Waals surface area contributed by atoms with Crippen LogP contribution in [0.3, 0.4) is 0 Å². The number of halogens is 1. The van der Waals surface area contributed by atoms with Gasteiger partial charge >= 0.3 is 0 Å². The largest absolute Gasteiger partial charge is 0.376 e. The molecule has 1 unspecified atom stereocenters. The fraction of sp³-hybridized carbons (Fsp3) is 0.300. The molecule has 0 spiro atoms. The van der Waals surface area contributed by atoms with E-state index in [1.807, 2.05) is 37.3 Å². The Morgan fingerprint density at radius 1 is 0.868 bits per heavy atom. The van der Waals surface area contributed by atoms with Crippen molar-refractivity contribution in [1.29, 1.82) is 0 Å². The number of benzene rings is 3. The summed E-state index contributed by atoms with van der Waals surface area (Å²) in [5.74, 6) is -0.721. The summed E-state index contributed by atoms with van der Waals surface area (Å²) in [6, 6.07) is 21.6. The topological polar surface area (TPSA) is 99.3 Å². The van der Waals surface area contributed by atoms with Crippen molar-refractivity contribution in [3.05, 3.63) is 94.5 Å². The van der Waals surface area contributed by atoms with Gasteiger partial charge in [-0.25, -0.2) is 0 Å². The fourth-order valence-corrected chi connectivity index (χ4v) is 4.75. The van der Waals surface area contributed by atoms with Gasteiger partial charge in [0, 0.05) is 23.0 Å². The molecule has 7 nitrogen and oxygen atoms in total. The van der Waals surface area contributed by atoms with E-state index in [0.29, 0.717) is 27.5 Å². The van der Waals surface area contributed by atoms with Gasteiger partial charge in [0.25, 0.3) is 11.8 Å². The van der Waals surface area contributed by atoms with Crippen molar-refractivity contribution < 1.29 is 14.4 Å². The van der Waals surface area contributed by atoms with E-state index in [1.165, 1.54) is 6.42 Å². The van der Waals surface area contributed by atoms with Crippen LogP contribution in [0.4, 0.5) is 11.4 Å². The van der Waals surface area contributed by atoms with Gasteiger partial charge in [-0.1, -0.05) is 67.3 Å². The number of nitrogens with one attached hydrogen (secondary N) is 4. The van der Waals surface area contributed by atoms with Crippen molar-refractivity contribution in [3.63, 3.8) is 0 Å². The molecule has 8 heteroatoms. The Bertz CT molecular complexity index is 1280. The lowest BCUT2D eigenvalue weighted by Crippen LogP contribution is -2.36. The van der Waals surface area contributed by atoms with Crippen molar-refractivity contribution in [2.75, 3.05) is 17.2 Å². The first kappa shape index (κ1) is 27.2. The fourth-order valence-electron chi connectivity index (χ4n) is 4.55. The number of carbonyl (C=O) groups excluding carboxylic acids is 3. The minimum atomic E-state index is -0.293. The molecular weight excluding hydrogens is 500 g/mol. The van der Waals surface area contributed by atoms with Crippen LogP contribution < -0.4 is 21.3 Å². The monoisotopic (exact) mass is 532 g/mol. The predicted octanol–water partition coefficient (Wildman–Crippen LogP) is 5.94. The van der Waals surface area contributed by atoms with Gasteiger partial charge in [-0.2, -0.15) is 0 Å². The number of hydrogen-bond acceptors (Lipinski definition) is 4. The molecule has 4 N–H and O–H groups in total. The molecule has 3 aromatic carbocycles. The number of amides is 3. The van der Waals surface area contributed by atoms with Gasteiger partial charge in [0.1, 0.15) is 0 Å². The lowest BCUT2D eigenvalue weighted by atomic mass is 9.95. The van der Waals surface area contributed by atoms with Gasteiger partial charge in [0.2, 0.25) is 5.91 Å². The lowest BCUT2D eigenvalue weighted by molar-refractivity contribution is -0.114. The van der Waals surface area contributed by atoms with Crippen LogP contribution in [0.2, 0.25) is 5.02 Å². The van der Waals surface area contributed by atoms with E-state index in [-0.39, 0.29) is 36.3 Å². The van der Waals surface area contributed by atoms with Crippen LogP contribution in [0.15, 0.2) is 72.8 Å². The molecule has 0 saturated heterocycles. The lowest BCUT2D eigenvalue weighted by Gasteiger charge is -2.23. The standard InChI is InChI=1S/C30H33ClN4O3/c1-20(21-9-4-2-5-10-21)33-29(37)22-11-8-14-24(17-22)32-19-28(36)34-25-15-16-27(31)26(18-25)30(38)35-23-12-6-3-7-13-23/h2,4-5,8-11,14-18,20,23,32H,3,6-7,12-13,19H2,1H3,(H,33,37)(H,34,36)(H,35,38). The molecule has 1 aliphatic rings. The summed E-state index contributed by atoms with van der Waals surface area (Å²) in [6.07, 6.45) is 5.37. The van der Waals surface area contributed by atoms with E-state index in [4.69, 9.17) is 11.6 Å². The van der Waals surface area contributed by atoms with E-state index < -0.39 is 0 Å². The highest BCUT2D eigenvalue weighted by Gasteiger charge is 2.19. The number of carbonyl (C=O) groups is 3. The maximum absolute atomic E-state index is 12.8. The third kappa shape index (κ3) is 7.59. The molecule has 38 heavy (non-hydrogen) atoms. The molecular formula is C30H33ClN4O3. The van der Waals surface area contributed by atoms with Crippen LogP contribution in [0.25, 0.3) is 0 Å². The van der Waals surface area contributed by atoms with Crippen LogP contribution in [-0.4, -0.2) is 30.3 Å². The van der Waals surface area contributed by atoms with Gasteiger partial charge in [-0.05, 0) is 61.7 Å². The molecule has 0 aliphatic heterocycles. The van der Waals surface area contributed by atoms with Gasteiger partial charge in [-0.15, -0.1) is 0 Å². The summed E-state index contributed by atoms with van der Waals surface area (Å²) in [6.45, 7) is 1.92. The Balaban J connectivity index is 1.31. The Hall–Kier alpha value is -3.84. The Kier molecular flexibility index (Phi) is 9.38. The third-order valence-electron chi connectivity index (χ3n) is 6.66. The number of anilines is 2. The van der Waals surface area contributed by atoms with E-state index in [1.54, 1.807) is 42.5 Å². The summed E-state index contributed by atoms with van der Waals surface area (Å²) in [7, 11) is 0. The molecule has 0 bridgehead atoms. The van der Waals surface area contributed by atoms with Crippen molar-refractivity contribution in [2.45, 2.75) is 51.1 Å². The highest BCUT2D eigenvalue weighted by molar-refractivity contribution is 6.34. The smallest absolute Gasteiger partial charge is 0.253 e. The van der Waals surface area contributed by atoms with Crippen molar-refractivity contribution in [3.8, 4) is 0 Å². The van der Waals surface area contributed by atoms with Crippen molar-refractivity contribution in [1.82, 2.24) is 10.6 Å². The molecule has 4 rings (SSSR count). The van der Waals surface area contributed by atoms with Crippen LogP contribution in [0, 0.1) is 0 Å². The van der Waals surface area contributed by atoms with Crippen molar-refractivity contribution >= 4 is 40.7 Å². The Morgan fingerprint density at radius 3 is 2.39 bits per heavy atom. The van der Waals surface area contributed by atoms with Crippen LogP contribution in [0.1, 0.15) is 71.3 Å². The molecule has 3 amide bonds. The van der Waals surface area contributed by atoms with E-state index in [9.17, 15) is 14.4 Å². The molecule has 0 radical (unpaired) electrons. The van der Waals surface area contributed by atoms with Crippen LogP contribution >= 0.6 is 11.6 Å². The first-order chi connectivity index (χ1) is 18.4. The van der Waals surface area contributed by atoms with Crippen LogP contribution in [-0.2, 0) is 4.79 Å². The second-order valence-corrected chi connectivity index (χ2v) is 10.00. The number of rotatable bonds is 9. The molecule has 1 fully saturated rings. The molecule has 3 aromatic rings. The van der Waals surface area contributed by atoms with Gasteiger partial charge < -0.3 is 21.3 Å². The normalized spacial score (nSPS) is 14.3. The predicted molar refractivity (Wildman–Crippen MR) is 152 cm³/mol. The van der Waals surface area contributed by atoms with Crippen molar-refractivity contribution in [2.24, 2.45) is 0 Å². The van der Waals surface area contributed by atoms with Gasteiger partial charge in [-0.3, -0.25) is 14.4 Å². The minimum Gasteiger partial charge on any atom is -0.376 e. The Morgan fingerprint density at radius 2 is 1.63 bits per heavy atom. The van der Waals surface area contributed by atoms with E-state index in [0.717, 1.165) is 31.2 Å². The highest BCUT2D eigenvalue weighted by Crippen LogP contribution is 2.23. The maximum Gasteiger partial charge on any atom is 0.253 e.